The van der Waals surface area contributed by atoms with Gasteiger partial charge in [-0.25, -0.2) is 0 Å². The van der Waals surface area contributed by atoms with E-state index in [9.17, 15) is 14.7 Å². The summed E-state index contributed by atoms with van der Waals surface area (Å²) in [5, 5.41) is 13.0. The minimum absolute atomic E-state index is 0.00511. The molecule has 0 radical (unpaired) electrons. The number of nitrogens with one attached hydrogen (secondary N) is 1. The molecular weight excluding hydrogens is 428 g/mol. The lowest BCUT2D eigenvalue weighted by molar-refractivity contribution is -0.122. The predicted molar refractivity (Wildman–Crippen MR) is 127 cm³/mol. The molecule has 7 nitrogen and oxygen atoms in total. The number of hydrogen-bond acceptors (Lipinski definition) is 6. The summed E-state index contributed by atoms with van der Waals surface area (Å²) in [6.45, 7) is 8.24. The Kier molecular flexibility index (Phi) is 7.27. The first kappa shape index (κ1) is 23.0. The van der Waals surface area contributed by atoms with Gasteiger partial charge in [0.1, 0.15) is 11.3 Å². The summed E-state index contributed by atoms with van der Waals surface area (Å²) in [6, 6.07) is 10.1. The SMILES string of the molecule is C=CCc1cc(C=C2C(=O)NC(=S)N(c3ccc(OCC)cc3)C2=O)cc(OCC)c1O. The van der Waals surface area contributed by atoms with Crippen LogP contribution in [0.1, 0.15) is 25.0 Å². The Balaban J connectivity index is 2.01. The molecule has 0 aliphatic carbocycles. The lowest BCUT2D eigenvalue weighted by Gasteiger charge is -2.29. The van der Waals surface area contributed by atoms with Gasteiger partial charge in [-0.2, -0.15) is 0 Å². The fourth-order valence-corrected chi connectivity index (χ4v) is 3.55. The average Bonchev–Trinajstić information content (AvgIpc) is 2.76. The van der Waals surface area contributed by atoms with Gasteiger partial charge in [0.25, 0.3) is 11.8 Å². The first-order chi connectivity index (χ1) is 15.4. The van der Waals surface area contributed by atoms with E-state index in [1.54, 1.807) is 49.4 Å². The van der Waals surface area contributed by atoms with Crippen LogP contribution in [-0.2, 0) is 16.0 Å². The molecule has 2 aromatic carbocycles. The Bertz CT molecular complexity index is 1090. The first-order valence-electron chi connectivity index (χ1n) is 10.1. The topological polar surface area (TPSA) is 88.1 Å². The molecule has 32 heavy (non-hydrogen) atoms. The molecule has 2 aromatic rings. The molecule has 0 atom stereocenters. The molecule has 0 bridgehead atoms. The Morgan fingerprint density at radius 1 is 1.12 bits per heavy atom. The fourth-order valence-electron chi connectivity index (χ4n) is 3.27. The summed E-state index contributed by atoms with van der Waals surface area (Å²) in [7, 11) is 0. The van der Waals surface area contributed by atoms with Crippen molar-refractivity contribution in [2.24, 2.45) is 0 Å². The van der Waals surface area contributed by atoms with Gasteiger partial charge in [-0.1, -0.05) is 6.08 Å². The van der Waals surface area contributed by atoms with Crippen molar-refractivity contribution in [3.63, 3.8) is 0 Å². The van der Waals surface area contributed by atoms with Gasteiger partial charge >= 0.3 is 0 Å². The van der Waals surface area contributed by atoms with Crippen molar-refractivity contribution in [2.45, 2.75) is 20.3 Å². The molecule has 1 aliphatic rings. The van der Waals surface area contributed by atoms with E-state index in [1.807, 2.05) is 6.92 Å². The number of nitrogens with zero attached hydrogens (tertiary/aromatic N) is 1. The highest BCUT2D eigenvalue weighted by Crippen LogP contribution is 2.34. The molecule has 0 saturated carbocycles. The second kappa shape index (κ2) is 10.1. The second-order valence-corrected chi connectivity index (χ2v) is 7.22. The van der Waals surface area contributed by atoms with Crippen LogP contribution in [0.3, 0.4) is 0 Å². The minimum Gasteiger partial charge on any atom is -0.504 e. The van der Waals surface area contributed by atoms with Crippen molar-refractivity contribution in [2.75, 3.05) is 18.1 Å². The van der Waals surface area contributed by atoms with Crippen molar-refractivity contribution in [1.29, 1.82) is 0 Å². The number of phenols is 1. The smallest absolute Gasteiger partial charge is 0.270 e. The number of rotatable bonds is 8. The quantitative estimate of drug-likeness (QED) is 0.275. The van der Waals surface area contributed by atoms with Crippen molar-refractivity contribution < 1.29 is 24.2 Å². The third-order valence-corrected chi connectivity index (χ3v) is 4.94. The number of amides is 2. The normalized spacial score (nSPS) is 15.0. The van der Waals surface area contributed by atoms with Gasteiger partial charge in [-0.3, -0.25) is 19.8 Å². The number of carbonyl (C=O) groups excluding carboxylic acids is 2. The van der Waals surface area contributed by atoms with Crippen LogP contribution in [-0.4, -0.2) is 35.2 Å². The van der Waals surface area contributed by atoms with Gasteiger partial charge in [0.2, 0.25) is 0 Å². The Hall–Kier alpha value is -3.65. The summed E-state index contributed by atoms with van der Waals surface area (Å²) in [6.07, 6.45) is 3.49. The highest BCUT2D eigenvalue weighted by atomic mass is 32.1. The number of ether oxygens (including phenoxy) is 2. The van der Waals surface area contributed by atoms with Crippen LogP contribution in [0.4, 0.5) is 5.69 Å². The number of phenolic OH excluding ortho intramolecular Hbond substituents is 1. The molecule has 1 saturated heterocycles. The summed E-state index contributed by atoms with van der Waals surface area (Å²) >= 11 is 5.24. The summed E-state index contributed by atoms with van der Waals surface area (Å²) in [5.41, 5.74) is 1.51. The maximum atomic E-state index is 13.2. The lowest BCUT2D eigenvalue weighted by atomic mass is 10.0. The standard InChI is InChI=1S/C24H24N2O5S/c1-4-7-16-12-15(14-20(21(16)27)31-6-3)13-19-22(28)25-24(32)26(23(19)29)17-8-10-18(11-9-17)30-5-2/h4,8-14,27H,1,5-7H2,2-3H3,(H,25,28,32). The highest BCUT2D eigenvalue weighted by Gasteiger charge is 2.34. The van der Waals surface area contributed by atoms with Crippen LogP contribution in [0.15, 0.2) is 54.6 Å². The molecule has 0 spiro atoms. The van der Waals surface area contributed by atoms with Crippen molar-refractivity contribution in [1.82, 2.24) is 5.32 Å². The first-order valence-corrected chi connectivity index (χ1v) is 10.5. The molecule has 3 rings (SSSR count). The average molecular weight is 453 g/mol. The molecular formula is C24H24N2O5S. The highest BCUT2D eigenvalue weighted by molar-refractivity contribution is 7.80. The van der Waals surface area contributed by atoms with E-state index in [1.165, 1.54) is 11.0 Å². The van der Waals surface area contributed by atoms with Gasteiger partial charge < -0.3 is 14.6 Å². The van der Waals surface area contributed by atoms with E-state index in [0.29, 0.717) is 42.2 Å². The number of aromatic hydroxyl groups is 1. The Morgan fingerprint density at radius 2 is 1.81 bits per heavy atom. The van der Waals surface area contributed by atoms with Crippen LogP contribution in [0.5, 0.6) is 17.2 Å². The van der Waals surface area contributed by atoms with Gasteiger partial charge in [0, 0.05) is 5.56 Å². The summed E-state index contributed by atoms with van der Waals surface area (Å²) < 4.78 is 10.9. The second-order valence-electron chi connectivity index (χ2n) is 6.84. The zero-order valence-corrected chi connectivity index (χ0v) is 18.7. The third kappa shape index (κ3) is 4.81. The molecule has 8 heteroatoms. The van der Waals surface area contributed by atoms with Crippen molar-refractivity contribution in [3.05, 3.63) is 65.8 Å². The maximum absolute atomic E-state index is 13.2. The molecule has 166 valence electrons. The van der Waals surface area contributed by atoms with E-state index < -0.39 is 11.8 Å². The molecule has 1 fully saturated rings. The van der Waals surface area contributed by atoms with Crippen LogP contribution in [0.2, 0.25) is 0 Å². The molecule has 1 aliphatic heterocycles. The largest absolute Gasteiger partial charge is 0.504 e. The summed E-state index contributed by atoms with van der Waals surface area (Å²) in [5.74, 6) is -0.224. The predicted octanol–water partition coefficient (Wildman–Crippen LogP) is 3.75. The zero-order valence-electron chi connectivity index (χ0n) is 17.9. The van der Waals surface area contributed by atoms with Gasteiger partial charge in [0.05, 0.1) is 18.9 Å². The van der Waals surface area contributed by atoms with Crippen molar-refractivity contribution >= 4 is 40.9 Å². The van der Waals surface area contributed by atoms with E-state index in [-0.39, 0.29) is 22.2 Å². The number of hydrogen-bond donors (Lipinski definition) is 2. The third-order valence-electron chi connectivity index (χ3n) is 4.66. The number of carbonyl (C=O) groups is 2. The van der Waals surface area contributed by atoms with Gasteiger partial charge in [-0.15, -0.1) is 6.58 Å². The fraction of sp³-hybridized carbons (Fsp3) is 0.208. The number of allylic oxidation sites excluding steroid dienone is 1. The van der Waals surface area contributed by atoms with E-state index in [0.717, 1.165) is 0 Å². The monoisotopic (exact) mass is 452 g/mol. The van der Waals surface area contributed by atoms with E-state index >= 15 is 0 Å². The molecule has 2 amide bonds. The Labute approximate surface area is 191 Å². The summed E-state index contributed by atoms with van der Waals surface area (Å²) in [4.78, 5) is 27.1. The number of anilines is 1. The van der Waals surface area contributed by atoms with E-state index in [2.05, 4.69) is 11.9 Å². The number of thiocarbonyl (C=S) groups is 1. The lowest BCUT2D eigenvalue weighted by Crippen LogP contribution is -2.54. The molecule has 1 heterocycles. The Morgan fingerprint density at radius 3 is 2.44 bits per heavy atom. The van der Waals surface area contributed by atoms with Gasteiger partial charge in [-0.05, 0) is 80.5 Å². The van der Waals surface area contributed by atoms with Crippen LogP contribution >= 0.6 is 12.2 Å². The van der Waals surface area contributed by atoms with Crippen LogP contribution in [0, 0.1) is 0 Å². The minimum atomic E-state index is -0.599. The van der Waals surface area contributed by atoms with Crippen LogP contribution in [0.25, 0.3) is 6.08 Å². The molecule has 2 N–H and O–H groups in total. The zero-order chi connectivity index (χ0) is 23.3. The van der Waals surface area contributed by atoms with Crippen LogP contribution < -0.4 is 19.7 Å². The number of benzene rings is 2. The molecule has 0 aromatic heterocycles. The van der Waals surface area contributed by atoms with Crippen molar-refractivity contribution in [3.8, 4) is 17.2 Å². The van der Waals surface area contributed by atoms with Gasteiger partial charge in [0.15, 0.2) is 16.6 Å². The molecule has 0 unspecified atom stereocenters. The maximum Gasteiger partial charge on any atom is 0.270 e. The van der Waals surface area contributed by atoms with E-state index in [4.69, 9.17) is 21.7 Å².